The van der Waals surface area contributed by atoms with Gasteiger partial charge in [-0.15, -0.1) is 0 Å². The molecule has 4 nitrogen and oxygen atoms in total. The molecule has 0 bridgehead atoms. The molecule has 1 aliphatic heterocycles. The molecule has 1 aromatic rings. The van der Waals surface area contributed by atoms with Crippen LogP contribution in [0.3, 0.4) is 0 Å². The summed E-state index contributed by atoms with van der Waals surface area (Å²) in [5.74, 6) is 0.203. The normalized spacial score (nSPS) is 19.4. The summed E-state index contributed by atoms with van der Waals surface area (Å²) >= 11 is 0. The number of amides is 2. The number of carbonyl (C=O) groups is 2. The van der Waals surface area contributed by atoms with Crippen molar-refractivity contribution in [3.63, 3.8) is 0 Å². The number of nitrogens with zero attached hydrogens (tertiary/aromatic N) is 2. The van der Waals surface area contributed by atoms with Gasteiger partial charge in [-0.2, -0.15) is 0 Å². The molecule has 1 saturated carbocycles. The quantitative estimate of drug-likeness (QED) is 0.853. The summed E-state index contributed by atoms with van der Waals surface area (Å²) in [5.41, 5.74) is 0.372. The Morgan fingerprint density at radius 1 is 1.00 bits per heavy atom. The van der Waals surface area contributed by atoms with Crippen molar-refractivity contribution in [1.82, 2.24) is 9.80 Å². The van der Waals surface area contributed by atoms with Crippen molar-refractivity contribution in [2.24, 2.45) is 5.92 Å². The number of halogens is 1. The van der Waals surface area contributed by atoms with Gasteiger partial charge in [0.05, 0.1) is 0 Å². The van der Waals surface area contributed by atoms with Crippen molar-refractivity contribution in [3.8, 4) is 0 Å². The van der Waals surface area contributed by atoms with Gasteiger partial charge in [-0.05, 0) is 37.0 Å². The smallest absolute Gasteiger partial charge is 0.254 e. The van der Waals surface area contributed by atoms with Crippen molar-refractivity contribution >= 4 is 11.8 Å². The lowest BCUT2D eigenvalue weighted by molar-refractivity contribution is -0.133. The summed E-state index contributed by atoms with van der Waals surface area (Å²) in [7, 11) is 0. The van der Waals surface area contributed by atoms with Crippen LogP contribution >= 0.6 is 0 Å². The maximum Gasteiger partial charge on any atom is 0.254 e. The third kappa shape index (κ3) is 4.13. The van der Waals surface area contributed by atoms with E-state index >= 15 is 0 Å². The Kier molecular flexibility index (Phi) is 5.48. The minimum atomic E-state index is -0.401. The van der Waals surface area contributed by atoms with Gasteiger partial charge >= 0.3 is 0 Å². The molecule has 2 amide bonds. The van der Waals surface area contributed by atoms with E-state index in [0.717, 1.165) is 0 Å². The van der Waals surface area contributed by atoms with Crippen molar-refractivity contribution in [2.75, 3.05) is 26.2 Å². The zero-order valence-corrected chi connectivity index (χ0v) is 14.0. The summed E-state index contributed by atoms with van der Waals surface area (Å²) in [6.07, 6.45) is 6.78. The minimum absolute atomic E-state index is 0.158. The van der Waals surface area contributed by atoms with Crippen LogP contribution in [0, 0.1) is 11.7 Å². The van der Waals surface area contributed by atoms with Gasteiger partial charge in [-0.3, -0.25) is 9.59 Å². The SMILES string of the molecule is O=C(CC1CCCCC1)N1CCN(C(=O)c2cccc(F)c2)CC1. The molecule has 24 heavy (non-hydrogen) atoms. The van der Waals surface area contributed by atoms with Crippen LogP contribution in [-0.2, 0) is 4.79 Å². The fourth-order valence-electron chi connectivity index (χ4n) is 3.73. The Bertz CT molecular complexity index is 591. The molecule has 0 N–H and O–H groups in total. The highest BCUT2D eigenvalue weighted by Gasteiger charge is 2.26. The van der Waals surface area contributed by atoms with Gasteiger partial charge in [0, 0.05) is 38.2 Å². The van der Waals surface area contributed by atoms with E-state index in [1.54, 1.807) is 17.0 Å². The lowest BCUT2D eigenvalue weighted by atomic mass is 9.86. The van der Waals surface area contributed by atoms with Crippen molar-refractivity contribution < 1.29 is 14.0 Å². The molecule has 1 aliphatic carbocycles. The van der Waals surface area contributed by atoms with E-state index in [0.29, 0.717) is 44.1 Å². The number of benzene rings is 1. The van der Waals surface area contributed by atoms with Crippen LogP contribution in [0.2, 0.25) is 0 Å². The second-order valence-corrected chi connectivity index (χ2v) is 6.89. The average molecular weight is 332 g/mol. The topological polar surface area (TPSA) is 40.6 Å². The number of hydrogen-bond donors (Lipinski definition) is 0. The fraction of sp³-hybridized carbons (Fsp3) is 0.579. The van der Waals surface area contributed by atoms with Gasteiger partial charge in [-0.1, -0.05) is 25.3 Å². The van der Waals surface area contributed by atoms with Gasteiger partial charge in [-0.25, -0.2) is 4.39 Å². The highest BCUT2D eigenvalue weighted by atomic mass is 19.1. The minimum Gasteiger partial charge on any atom is -0.339 e. The first-order chi connectivity index (χ1) is 11.6. The molecule has 0 radical (unpaired) electrons. The molecule has 1 aromatic carbocycles. The molecule has 1 saturated heterocycles. The first kappa shape index (κ1) is 16.9. The molecular weight excluding hydrogens is 307 g/mol. The van der Waals surface area contributed by atoms with Gasteiger partial charge in [0.25, 0.3) is 5.91 Å². The Labute approximate surface area is 142 Å². The number of rotatable bonds is 3. The Morgan fingerprint density at radius 2 is 1.67 bits per heavy atom. The maximum atomic E-state index is 13.3. The van der Waals surface area contributed by atoms with Crippen LogP contribution in [0.1, 0.15) is 48.9 Å². The summed E-state index contributed by atoms with van der Waals surface area (Å²) in [6.45, 7) is 2.19. The van der Waals surface area contributed by atoms with E-state index in [2.05, 4.69) is 0 Å². The summed E-state index contributed by atoms with van der Waals surface area (Å²) in [6, 6.07) is 5.78. The fourth-order valence-corrected chi connectivity index (χ4v) is 3.73. The second kappa shape index (κ2) is 7.77. The zero-order chi connectivity index (χ0) is 16.9. The predicted octanol–water partition coefficient (Wildman–Crippen LogP) is 3.08. The summed E-state index contributed by atoms with van der Waals surface area (Å²) in [5, 5.41) is 0. The van der Waals surface area contributed by atoms with Crippen LogP contribution in [0.25, 0.3) is 0 Å². The van der Waals surface area contributed by atoms with Crippen LogP contribution < -0.4 is 0 Å². The van der Waals surface area contributed by atoms with E-state index in [1.165, 1.54) is 44.2 Å². The van der Waals surface area contributed by atoms with Gasteiger partial charge < -0.3 is 9.80 Å². The number of piperazine rings is 1. The van der Waals surface area contributed by atoms with Gasteiger partial charge in [0.2, 0.25) is 5.91 Å². The van der Waals surface area contributed by atoms with Crippen LogP contribution in [-0.4, -0.2) is 47.8 Å². The Hall–Kier alpha value is -1.91. The lowest BCUT2D eigenvalue weighted by Gasteiger charge is -2.35. The Morgan fingerprint density at radius 3 is 2.33 bits per heavy atom. The van der Waals surface area contributed by atoms with E-state index in [4.69, 9.17) is 0 Å². The first-order valence-corrected chi connectivity index (χ1v) is 8.96. The third-order valence-electron chi connectivity index (χ3n) is 5.18. The molecule has 130 valence electrons. The molecule has 0 unspecified atom stereocenters. The first-order valence-electron chi connectivity index (χ1n) is 8.96. The van der Waals surface area contributed by atoms with Gasteiger partial charge in [0.15, 0.2) is 0 Å². The largest absolute Gasteiger partial charge is 0.339 e. The van der Waals surface area contributed by atoms with E-state index in [-0.39, 0.29) is 11.8 Å². The van der Waals surface area contributed by atoms with Crippen molar-refractivity contribution in [3.05, 3.63) is 35.6 Å². The second-order valence-electron chi connectivity index (χ2n) is 6.89. The summed E-state index contributed by atoms with van der Waals surface area (Å²) < 4.78 is 13.3. The van der Waals surface area contributed by atoms with Crippen molar-refractivity contribution in [2.45, 2.75) is 38.5 Å². The van der Waals surface area contributed by atoms with Gasteiger partial charge in [0.1, 0.15) is 5.82 Å². The van der Waals surface area contributed by atoms with Crippen LogP contribution in [0.15, 0.2) is 24.3 Å². The molecule has 2 aliphatic rings. The molecule has 5 heteroatoms. The lowest BCUT2D eigenvalue weighted by Crippen LogP contribution is -2.50. The average Bonchev–Trinajstić information content (AvgIpc) is 2.62. The molecule has 1 heterocycles. The van der Waals surface area contributed by atoms with E-state index < -0.39 is 5.82 Å². The molecule has 2 fully saturated rings. The molecule has 0 aromatic heterocycles. The molecular formula is C19H25FN2O2. The monoisotopic (exact) mass is 332 g/mol. The molecule has 0 spiro atoms. The van der Waals surface area contributed by atoms with E-state index in [9.17, 15) is 14.0 Å². The highest BCUT2D eigenvalue weighted by Crippen LogP contribution is 2.27. The third-order valence-corrected chi connectivity index (χ3v) is 5.18. The van der Waals surface area contributed by atoms with E-state index in [1.807, 2.05) is 4.90 Å². The zero-order valence-electron chi connectivity index (χ0n) is 14.0. The predicted molar refractivity (Wildman–Crippen MR) is 90.1 cm³/mol. The van der Waals surface area contributed by atoms with Crippen LogP contribution in [0.5, 0.6) is 0 Å². The van der Waals surface area contributed by atoms with Crippen molar-refractivity contribution in [1.29, 1.82) is 0 Å². The standard InChI is InChI=1S/C19H25FN2O2/c20-17-8-4-7-16(14-17)19(24)22-11-9-21(10-12-22)18(23)13-15-5-2-1-3-6-15/h4,7-8,14-15H,1-3,5-6,9-13H2. The number of hydrogen-bond acceptors (Lipinski definition) is 2. The molecule has 3 rings (SSSR count). The number of carbonyl (C=O) groups excluding carboxylic acids is 2. The maximum absolute atomic E-state index is 13.3. The Balaban J connectivity index is 1.50. The highest BCUT2D eigenvalue weighted by molar-refractivity contribution is 5.94. The molecule has 0 atom stereocenters. The van der Waals surface area contributed by atoms with Crippen LogP contribution in [0.4, 0.5) is 4.39 Å². The summed E-state index contributed by atoms with van der Waals surface area (Å²) in [4.78, 5) is 28.4.